The molecule has 2 aromatic carbocycles. The minimum Gasteiger partial charge on any atom is -0.497 e. The Morgan fingerprint density at radius 1 is 1.03 bits per heavy atom. The fourth-order valence-corrected chi connectivity index (χ4v) is 4.64. The van der Waals surface area contributed by atoms with Crippen molar-refractivity contribution in [1.29, 1.82) is 0 Å². The first-order valence-corrected chi connectivity index (χ1v) is 11.7. The molecule has 1 amide bonds. The molecule has 0 fully saturated rings. The second-order valence-corrected chi connectivity index (χ2v) is 9.37. The van der Waals surface area contributed by atoms with Crippen LogP contribution in [0.25, 0.3) is 11.3 Å². The maximum absolute atomic E-state index is 12.4. The molecule has 0 aliphatic heterocycles. The van der Waals surface area contributed by atoms with Crippen LogP contribution < -0.4 is 10.1 Å². The van der Waals surface area contributed by atoms with Crippen LogP contribution in [0.4, 0.5) is 5.13 Å². The molecule has 10 heteroatoms. The summed E-state index contributed by atoms with van der Waals surface area (Å²) in [4.78, 5) is 28.2. The number of thiazole rings is 1. The molecule has 3 aromatic rings. The Kier molecular flexibility index (Phi) is 7.03. The molecule has 0 saturated heterocycles. The zero-order valence-electron chi connectivity index (χ0n) is 16.8. The van der Waals surface area contributed by atoms with Crippen LogP contribution in [-0.2, 0) is 19.4 Å². The van der Waals surface area contributed by atoms with Crippen molar-refractivity contribution in [3.8, 4) is 17.0 Å². The van der Waals surface area contributed by atoms with Gasteiger partial charge in [0, 0.05) is 17.4 Å². The molecule has 0 radical (unpaired) electrons. The second-order valence-electron chi connectivity index (χ2n) is 6.40. The number of rotatable bonds is 8. The van der Waals surface area contributed by atoms with Gasteiger partial charge in [-0.2, -0.15) is 0 Å². The predicted octanol–water partition coefficient (Wildman–Crippen LogP) is 3.41. The third kappa shape index (κ3) is 5.68. The number of carbonyl (C=O) groups is 2. The van der Waals surface area contributed by atoms with E-state index in [-0.39, 0.29) is 17.1 Å². The van der Waals surface area contributed by atoms with E-state index in [9.17, 15) is 18.0 Å². The van der Waals surface area contributed by atoms with E-state index in [2.05, 4.69) is 15.0 Å². The number of methoxy groups -OCH3 is 2. The lowest BCUT2D eigenvalue weighted by molar-refractivity contribution is -0.115. The number of amides is 1. The van der Waals surface area contributed by atoms with Crippen molar-refractivity contribution in [1.82, 2.24) is 4.98 Å². The average Bonchev–Trinajstić information content (AvgIpc) is 3.25. The molecule has 0 spiro atoms. The number of sulfone groups is 1. The van der Waals surface area contributed by atoms with Crippen LogP contribution in [0.2, 0.25) is 0 Å². The van der Waals surface area contributed by atoms with Gasteiger partial charge < -0.3 is 14.8 Å². The summed E-state index contributed by atoms with van der Waals surface area (Å²) in [6.07, 6.45) is -0.197. The first-order chi connectivity index (χ1) is 14.8. The van der Waals surface area contributed by atoms with Gasteiger partial charge in [0.15, 0.2) is 15.0 Å². The smallest absolute Gasteiger partial charge is 0.337 e. The quantitative estimate of drug-likeness (QED) is 0.513. The first-order valence-electron chi connectivity index (χ1n) is 9.13. The van der Waals surface area contributed by atoms with Crippen LogP contribution in [0.3, 0.4) is 0 Å². The van der Waals surface area contributed by atoms with Crippen molar-refractivity contribution in [2.24, 2.45) is 0 Å². The molecule has 1 N–H and O–H groups in total. The van der Waals surface area contributed by atoms with E-state index in [1.807, 2.05) is 0 Å². The highest BCUT2D eigenvalue weighted by Gasteiger charge is 2.17. The van der Waals surface area contributed by atoms with E-state index in [1.165, 1.54) is 37.7 Å². The second kappa shape index (κ2) is 9.71. The Balaban J connectivity index is 1.58. The maximum Gasteiger partial charge on any atom is 0.337 e. The monoisotopic (exact) mass is 460 g/mol. The molecule has 8 nitrogen and oxygen atoms in total. The highest BCUT2D eigenvalue weighted by atomic mass is 32.2. The largest absolute Gasteiger partial charge is 0.497 e. The van der Waals surface area contributed by atoms with Gasteiger partial charge >= 0.3 is 5.97 Å². The highest BCUT2D eigenvalue weighted by Crippen LogP contribution is 2.25. The third-order valence-corrected chi connectivity index (χ3v) is 6.86. The number of carbonyl (C=O) groups excluding carboxylic acids is 2. The van der Waals surface area contributed by atoms with Crippen LogP contribution in [0, 0.1) is 0 Å². The van der Waals surface area contributed by atoms with Crippen LogP contribution in [0.15, 0.2) is 58.8 Å². The fraction of sp³-hybridized carbons (Fsp3) is 0.190. The average molecular weight is 461 g/mol. The number of hydrogen-bond acceptors (Lipinski definition) is 8. The van der Waals surface area contributed by atoms with Crippen molar-refractivity contribution in [3.05, 3.63) is 59.5 Å². The van der Waals surface area contributed by atoms with Gasteiger partial charge in [0.25, 0.3) is 0 Å². The molecule has 0 bridgehead atoms. The molecule has 0 atom stereocenters. The number of benzene rings is 2. The molecule has 1 aromatic heterocycles. The Morgan fingerprint density at radius 3 is 2.32 bits per heavy atom. The molecule has 0 unspecified atom stereocenters. The zero-order chi connectivity index (χ0) is 22.4. The summed E-state index contributed by atoms with van der Waals surface area (Å²) >= 11 is 1.22. The van der Waals surface area contributed by atoms with Crippen molar-refractivity contribution >= 4 is 38.2 Å². The van der Waals surface area contributed by atoms with Crippen LogP contribution in [0.5, 0.6) is 5.75 Å². The molecule has 31 heavy (non-hydrogen) atoms. The summed E-state index contributed by atoms with van der Waals surface area (Å²) in [5.74, 6) is -0.643. The van der Waals surface area contributed by atoms with Crippen molar-refractivity contribution in [2.75, 3.05) is 25.3 Å². The Bertz CT molecular complexity index is 1170. The molecule has 3 rings (SSSR count). The van der Waals surface area contributed by atoms with E-state index >= 15 is 0 Å². The fourth-order valence-electron chi connectivity index (χ4n) is 2.67. The normalized spacial score (nSPS) is 11.0. The van der Waals surface area contributed by atoms with Gasteiger partial charge in [-0.3, -0.25) is 4.79 Å². The van der Waals surface area contributed by atoms with Gasteiger partial charge in [-0.15, -0.1) is 11.3 Å². The first kappa shape index (κ1) is 22.4. The molecule has 1 heterocycles. The van der Waals surface area contributed by atoms with Crippen LogP contribution >= 0.6 is 11.3 Å². The number of nitrogens with zero attached hydrogens (tertiary/aromatic N) is 1. The van der Waals surface area contributed by atoms with Crippen LogP contribution in [-0.4, -0.2) is 45.3 Å². The van der Waals surface area contributed by atoms with Gasteiger partial charge in [0.2, 0.25) is 5.91 Å². The molecule has 162 valence electrons. The summed E-state index contributed by atoms with van der Waals surface area (Å²) in [5.41, 5.74) is 1.82. The standard InChI is InChI=1S/C21H20N2O6S2/c1-28-16-7-9-17(10-8-16)31(26,27)12-11-19(24)23-21-22-18(13-30-21)14-3-5-15(6-4-14)20(25)29-2/h3-10,13H,11-12H2,1-2H3,(H,22,23,24). The maximum atomic E-state index is 12.4. The highest BCUT2D eigenvalue weighted by molar-refractivity contribution is 7.91. The molecule has 0 aliphatic rings. The van der Waals surface area contributed by atoms with E-state index in [0.717, 1.165) is 5.56 Å². The van der Waals surface area contributed by atoms with Gasteiger partial charge in [-0.05, 0) is 36.4 Å². The number of ether oxygens (including phenoxy) is 2. The van der Waals surface area contributed by atoms with Crippen molar-refractivity contribution in [2.45, 2.75) is 11.3 Å². The lowest BCUT2D eigenvalue weighted by Crippen LogP contribution is -2.17. The minimum absolute atomic E-state index is 0.132. The zero-order valence-corrected chi connectivity index (χ0v) is 18.5. The van der Waals surface area contributed by atoms with Gasteiger partial charge in [-0.1, -0.05) is 12.1 Å². The number of anilines is 1. The SMILES string of the molecule is COC(=O)c1ccc(-c2csc(NC(=O)CCS(=O)(=O)c3ccc(OC)cc3)n2)cc1. The van der Waals surface area contributed by atoms with E-state index in [4.69, 9.17) is 4.74 Å². The minimum atomic E-state index is -3.59. The summed E-state index contributed by atoms with van der Waals surface area (Å²) in [7, 11) is -0.786. The summed E-state index contributed by atoms with van der Waals surface area (Å²) < 4.78 is 34.5. The van der Waals surface area contributed by atoms with Gasteiger partial charge in [0.05, 0.1) is 36.1 Å². The number of esters is 1. The summed E-state index contributed by atoms with van der Waals surface area (Å²) in [6.45, 7) is 0. The summed E-state index contributed by atoms with van der Waals surface area (Å²) in [5, 5.41) is 4.74. The number of aromatic nitrogens is 1. The number of hydrogen-bond donors (Lipinski definition) is 1. The molecular weight excluding hydrogens is 440 g/mol. The molecule has 0 aliphatic carbocycles. The van der Waals surface area contributed by atoms with Gasteiger partial charge in [-0.25, -0.2) is 18.2 Å². The Hall–Kier alpha value is -3.24. The number of nitrogens with one attached hydrogen (secondary N) is 1. The lowest BCUT2D eigenvalue weighted by Gasteiger charge is -2.06. The van der Waals surface area contributed by atoms with Crippen molar-refractivity contribution in [3.63, 3.8) is 0 Å². The lowest BCUT2D eigenvalue weighted by atomic mass is 10.1. The molecule has 0 saturated carbocycles. The Morgan fingerprint density at radius 2 is 1.71 bits per heavy atom. The van der Waals surface area contributed by atoms with E-state index in [0.29, 0.717) is 22.1 Å². The molecular formula is C21H20N2O6S2. The topological polar surface area (TPSA) is 112 Å². The third-order valence-electron chi connectivity index (χ3n) is 4.37. The predicted molar refractivity (Wildman–Crippen MR) is 117 cm³/mol. The van der Waals surface area contributed by atoms with Gasteiger partial charge in [0.1, 0.15) is 5.75 Å². The van der Waals surface area contributed by atoms with E-state index in [1.54, 1.807) is 41.8 Å². The van der Waals surface area contributed by atoms with E-state index < -0.39 is 21.7 Å². The van der Waals surface area contributed by atoms with Crippen molar-refractivity contribution < 1.29 is 27.5 Å². The Labute approximate surface area is 183 Å². The summed E-state index contributed by atoms with van der Waals surface area (Å²) in [6, 6.07) is 12.7. The van der Waals surface area contributed by atoms with Crippen LogP contribution in [0.1, 0.15) is 16.8 Å².